The predicted octanol–water partition coefficient (Wildman–Crippen LogP) is 5.44. The van der Waals surface area contributed by atoms with Crippen LogP contribution in [0.2, 0.25) is 0 Å². The van der Waals surface area contributed by atoms with Gasteiger partial charge in [-0.3, -0.25) is 49.2 Å². The van der Waals surface area contributed by atoms with Gasteiger partial charge in [-0.1, -0.05) is 36.4 Å². The molecule has 3 amide bonds. The number of carbonyl (C=O) groups excluding carboxylic acids is 3. The Labute approximate surface area is 366 Å². The first-order valence-corrected chi connectivity index (χ1v) is 19.6. The van der Waals surface area contributed by atoms with E-state index >= 15 is 0 Å². The standard InChI is InChI=1S/C26H28N4O6.2C10H8N2.Ru/c1-16-4-6-27-18(14-16)19-15-17(5-7-28-19)24(31)29-8-10-34-12-13-35-11-9-30-25(32)22-20-2-3-21(36-20)23(22)26(30)33;2*1-3-7-11-9(5-1)10-6-2-4-8-12-10;/h2-7,14-15,20-23H,8-13H2,1H3,(H,29,31);2*1-8H;. The van der Waals surface area contributed by atoms with Crippen molar-refractivity contribution in [2.75, 3.05) is 39.5 Å². The minimum atomic E-state index is -0.385. The maximum Gasteiger partial charge on any atom is 0.251 e. The Bertz CT molecular complexity index is 2180. The van der Waals surface area contributed by atoms with Crippen LogP contribution in [0.25, 0.3) is 34.2 Å². The summed E-state index contributed by atoms with van der Waals surface area (Å²) >= 11 is 0. The van der Waals surface area contributed by atoms with E-state index in [2.05, 4.69) is 35.2 Å². The monoisotopic (exact) mass is 906 g/mol. The molecule has 6 aromatic rings. The summed E-state index contributed by atoms with van der Waals surface area (Å²) in [4.78, 5) is 64.2. The van der Waals surface area contributed by atoms with Crippen molar-refractivity contribution in [2.24, 2.45) is 11.8 Å². The first-order valence-electron chi connectivity index (χ1n) is 19.6. The van der Waals surface area contributed by atoms with E-state index in [1.54, 1.807) is 49.3 Å². The van der Waals surface area contributed by atoms with Crippen LogP contribution >= 0.6 is 0 Å². The van der Waals surface area contributed by atoms with Gasteiger partial charge >= 0.3 is 0 Å². The molecule has 2 bridgehead atoms. The summed E-state index contributed by atoms with van der Waals surface area (Å²) < 4.78 is 16.7. The van der Waals surface area contributed by atoms with Gasteiger partial charge in [0.1, 0.15) is 0 Å². The van der Waals surface area contributed by atoms with Gasteiger partial charge in [-0.25, -0.2) is 0 Å². The molecule has 0 spiro atoms. The van der Waals surface area contributed by atoms with Gasteiger partial charge in [-0.15, -0.1) is 0 Å². The summed E-state index contributed by atoms with van der Waals surface area (Å²) in [6, 6.07) is 30.4. The van der Waals surface area contributed by atoms with Gasteiger partial charge in [0.05, 0.1) is 91.2 Å². The van der Waals surface area contributed by atoms with E-state index in [1.165, 1.54) is 4.90 Å². The zero-order valence-corrected chi connectivity index (χ0v) is 35.1. The van der Waals surface area contributed by atoms with E-state index in [0.717, 1.165) is 28.3 Å². The summed E-state index contributed by atoms with van der Waals surface area (Å²) in [7, 11) is 0. The van der Waals surface area contributed by atoms with E-state index < -0.39 is 0 Å². The van der Waals surface area contributed by atoms with Crippen LogP contribution in [0.4, 0.5) is 0 Å². The summed E-state index contributed by atoms with van der Waals surface area (Å²) in [5.41, 5.74) is 6.58. The van der Waals surface area contributed by atoms with Gasteiger partial charge in [0.15, 0.2) is 0 Å². The Kier molecular flexibility index (Phi) is 16.3. The molecule has 61 heavy (non-hydrogen) atoms. The quantitative estimate of drug-likeness (QED) is 0.0675. The molecule has 0 radical (unpaired) electrons. The van der Waals surface area contributed by atoms with Crippen LogP contribution in [-0.4, -0.2) is 104 Å². The van der Waals surface area contributed by atoms with E-state index in [9.17, 15) is 14.4 Å². The van der Waals surface area contributed by atoms with Crippen LogP contribution in [0.3, 0.4) is 0 Å². The van der Waals surface area contributed by atoms with Crippen LogP contribution in [0.1, 0.15) is 15.9 Å². The molecule has 2 saturated heterocycles. The fourth-order valence-electron chi connectivity index (χ4n) is 6.85. The third-order valence-corrected chi connectivity index (χ3v) is 9.75. The number of amides is 3. The molecule has 9 rings (SSSR count). The second kappa shape index (κ2) is 22.4. The smallest absolute Gasteiger partial charge is 0.251 e. The van der Waals surface area contributed by atoms with Gasteiger partial charge in [-0.2, -0.15) is 0 Å². The van der Waals surface area contributed by atoms with Crippen LogP contribution in [0.5, 0.6) is 0 Å². The first kappa shape index (κ1) is 44.3. The Hall–Kier alpha value is -6.25. The molecule has 15 heteroatoms. The van der Waals surface area contributed by atoms with Gasteiger partial charge in [0.2, 0.25) is 11.8 Å². The molecule has 4 atom stereocenters. The SMILES string of the molecule is Cc1ccnc(-c2cc(C(=O)NCCOCCOCCN3C(=O)C4C5C=CC(O5)C4C3=O)ccn2)c1.[Ru].c1ccc(-c2ccccn2)nc1.c1ccc(-c2ccccn2)nc1. The molecule has 3 aliphatic heterocycles. The summed E-state index contributed by atoms with van der Waals surface area (Å²) in [5, 5.41) is 2.82. The minimum absolute atomic E-state index is 0. The van der Waals surface area contributed by atoms with Crippen LogP contribution < -0.4 is 5.32 Å². The second-order valence-electron chi connectivity index (χ2n) is 13.8. The molecule has 6 aromatic heterocycles. The summed E-state index contributed by atoms with van der Waals surface area (Å²) in [6.45, 7) is 3.79. The van der Waals surface area contributed by atoms with Crippen molar-refractivity contribution < 1.29 is 48.1 Å². The molecule has 0 saturated carbocycles. The molecular formula is C46H44N8O6Ru. The molecule has 2 fully saturated rings. The number of hydrogen-bond donors (Lipinski definition) is 1. The van der Waals surface area contributed by atoms with Crippen LogP contribution in [0, 0.1) is 18.8 Å². The average Bonchev–Trinajstić information content (AvgIpc) is 4.00. The van der Waals surface area contributed by atoms with Crippen molar-refractivity contribution in [1.82, 2.24) is 40.1 Å². The Morgan fingerprint density at radius 3 is 1.52 bits per heavy atom. The Balaban J connectivity index is 0.000000201. The zero-order valence-electron chi connectivity index (χ0n) is 33.3. The fourth-order valence-corrected chi connectivity index (χ4v) is 6.85. The first-order chi connectivity index (χ1) is 29.5. The molecule has 14 nitrogen and oxygen atoms in total. The molecular weight excluding hydrogens is 862 g/mol. The number of aromatic nitrogens is 6. The second-order valence-corrected chi connectivity index (χ2v) is 13.8. The largest absolute Gasteiger partial charge is 0.377 e. The minimum Gasteiger partial charge on any atom is -0.377 e. The normalized spacial score (nSPS) is 18.0. The number of imide groups is 1. The Morgan fingerprint density at radius 1 is 0.590 bits per heavy atom. The van der Waals surface area contributed by atoms with Crippen molar-refractivity contribution in [3.8, 4) is 34.2 Å². The van der Waals surface area contributed by atoms with Crippen molar-refractivity contribution in [3.05, 3.63) is 158 Å². The van der Waals surface area contributed by atoms with Crippen molar-refractivity contribution in [1.29, 1.82) is 0 Å². The van der Waals surface area contributed by atoms with Crippen molar-refractivity contribution in [3.63, 3.8) is 0 Å². The maximum absolute atomic E-state index is 12.6. The molecule has 3 aliphatic rings. The van der Waals surface area contributed by atoms with E-state index in [4.69, 9.17) is 14.2 Å². The van der Waals surface area contributed by atoms with Gasteiger partial charge < -0.3 is 19.5 Å². The third-order valence-electron chi connectivity index (χ3n) is 9.75. The van der Waals surface area contributed by atoms with Crippen molar-refractivity contribution in [2.45, 2.75) is 19.1 Å². The fraction of sp³-hybridized carbons (Fsp3) is 0.239. The molecule has 0 aromatic carbocycles. The zero-order chi connectivity index (χ0) is 41.5. The molecule has 4 unspecified atom stereocenters. The number of ether oxygens (including phenoxy) is 3. The van der Waals surface area contributed by atoms with Crippen LogP contribution in [0.15, 0.2) is 146 Å². The number of carbonyl (C=O) groups is 3. The Morgan fingerprint density at radius 2 is 1.05 bits per heavy atom. The van der Waals surface area contributed by atoms with Crippen LogP contribution in [-0.2, 0) is 43.3 Å². The number of nitrogens with zero attached hydrogens (tertiary/aromatic N) is 7. The third kappa shape index (κ3) is 11.7. The molecule has 312 valence electrons. The summed E-state index contributed by atoms with van der Waals surface area (Å²) in [6.07, 6.45) is 13.6. The van der Waals surface area contributed by atoms with Gasteiger partial charge in [0.25, 0.3) is 5.91 Å². The number of nitrogens with one attached hydrogen (secondary N) is 1. The predicted molar refractivity (Wildman–Crippen MR) is 223 cm³/mol. The maximum atomic E-state index is 12.6. The van der Waals surface area contributed by atoms with Gasteiger partial charge in [-0.05, 0) is 85.3 Å². The van der Waals surface area contributed by atoms with E-state index in [0.29, 0.717) is 43.3 Å². The number of rotatable bonds is 13. The number of pyridine rings is 6. The van der Waals surface area contributed by atoms with E-state index in [1.807, 2.05) is 104 Å². The van der Waals surface area contributed by atoms with E-state index in [-0.39, 0.29) is 74.4 Å². The average molecular weight is 906 g/mol. The van der Waals surface area contributed by atoms with Gasteiger partial charge in [0, 0.05) is 68.8 Å². The molecule has 0 aliphatic carbocycles. The number of fused-ring (bicyclic) bond motifs is 5. The number of aryl methyl sites for hydroxylation is 1. The molecule has 1 N–H and O–H groups in total. The molecule has 9 heterocycles. The van der Waals surface area contributed by atoms with Crippen molar-refractivity contribution >= 4 is 17.7 Å². The number of hydrogen-bond acceptors (Lipinski definition) is 12. The summed E-state index contributed by atoms with van der Waals surface area (Å²) in [5.74, 6) is -1.33. The topological polar surface area (TPSA) is 172 Å². The number of likely N-dealkylation sites (tertiary alicyclic amines) is 1.